The number of anilines is 2. The van der Waals surface area contributed by atoms with Crippen LogP contribution in [0.2, 0.25) is 5.02 Å². The van der Waals surface area contributed by atoms with Crippen LogP contribution in [-0.4, -0.2) is 59.5 Å². The Balaban J connectivity index is 1.59. The van der Waals surface area contributed by atoms with Crippen molar-refractivity contribution >= 4 is 23.1 Å². The highest BCUT2D eigenvalue weighted by Crippen LogP contribution is 2.35. The molecule has 1 saturated heterocycles. The monoisotopic (exact) mass is 493 g/mol. The van der Waals surface area contributed by atoms with Gasteiger partial charge in [0.2, 0.25) is 0 Å². The molecule has 0 amide bonds. The molecule has 0 spiro atoms. The summed E-state index contributed by atoms with van der Waals surface area (Å²) in [6.45, 7) is 2.53. The Kier molecular flexibility index (Phi) is 8.06. The molecule has 2 heterocycles. The van der Waals surface area contributed by atoms with Gasteiger partial charge in [-0.2, -0.15) is 5.26 Å². The zero-order chi connectivity index (χ0) is 24.8. The predicted molar refractivity (Wildman–Crippen MR) is 135 cm³/mol. The molecular weight excluding hydrogens is 466 g/mol. The first-order valence-corrected chi connectivity index (χ1v) is 11.8. The van der Waals surface area contributed by atoms with E-state index < -0.39 is 6.10 Å². The van der Waals surface area contributed by atoms with E-state index in [9.17, 15) is 10.4 Å². The lowest BCUT2D eigenvalue weighted by Gasteiger charge is -2.44. The first-order chi connectivity index (χ1) is 17.0. The van der Waals surface area contributed by atoms with E-state index in [0.29, 0.717) is 48.3 Å². The number of piperazine rings is 1. The first kappa shape index (κ1) is 24.8. The number of nitriles is 1. The summed E-state index contributed by atoms with van der Waals surface area (Å²) in [5, 5.41) is 30.3. The minimum absolute atomic E-state index is 0.0610. The standard InChI is InChI=1S/C26H28ClN5O3/c27-21-4-1-18(2-5-21)24-16-31(17-25(34)19-3-8-26(29)30-15-19)9-10-32(24)23-7-6-22(35-12-11-33)13-20(23)14-28/h1-8,13,15,24-25,33-34H,9-12,16-17H2,(H2,29,30)/t24-,25+/m0/s1. The number of aliphatic hydroxyl groups is 2. The Morgan fingerprint density at radius 2 is 1.97 bits per heavy atom. The van der Waals surface area contributed by atoms with Crippen LogP contribution >= 0.6 is 11.6 Å². The Hall–Kier alpha value is -3.35. The van der Waals surface area contributed by atoms with Crippen LogP contribution in [0.15, 0.2) is 60.8 Å². The topological polar surface area (TPSA) is 119 Å². The molecule has 4 N–H and O–H groups in total. The highest BCUT2D eigenvalue weighted by molar-refractivity contribution is 6.30. The van der Waals surface area contributed by atoms with Crippen LogP contribution in [0.5, 0.6) is 5.75 Å². The van der Waals surface area contributed by atoms with Gasteiger partial charge in [-0.15, -0.1) is 0 Å². The normalized spacial score (nSPS) is 17.1. The van der Waals surface area contributed by atoms with Crippen LogP contribution in [0, 0.1) is 11.3 Å². The van der Waals surface area contributed by atoms with Gasteiger partial charge in [0.1, 0.15) is 24.2 Å². The smallest absolute Gasteiger partial charge is 0.123 e. The lowest BCUT2D eigenvalue weighted by Crippen LogP contribution is -2.49. The minimum atomic E-state index is -0.696. The second-order valence-electron chi connectivity index (χ2n) is 8.42. The Bertz CT molecular complexity index is 1170. The Morgan fingerprint density at radius 1 is 1.17 bits per heavy atom. The quantitative estimate of drug-likeness (QED) is 0.438. The van der Waals surface area contributed by atoms with Crippen LogP contribution in [0.25, 0.3) is 0 Å². The molecule has 2 atom stereocenters. The van der Waals surface area contributed by atoms with Crippen molar-refractivity contribution in [3.63, 3.8) is 0 Å². The molecule has 0 bridgehead atoms. The summed E-state index contributed by atoms with van der Waals surface area (Å²) in [7, 11) is 0. The molecule has 182 valence electrons. The second kappa shape index (κ2) is 11.4. The van der Waals surface area contributed by atoms with Gasteiger partial charge in [-0.1, -0.05) is 29.8 Å². The van der Waals surface area contributed by atoms with E-state index in [1.807, 2.05) is 36.4 Å². The molecule has 0 unspecified atom stereocenters. The number of aromatic nitrogens is 1. The zero-order valence-corrected chi connectivity index (χ0v) is 20.0. The van der Waals surface area contributed by atoms with E-state index in [4.69, 9.17) is 27.2 Å². The third-order valence-electron chi connectivity index (χ3n) is 6.10. The number of nitrogens with two attached hydrogens (primary N) is 1. The Morgan fingerprint density at radius 3 is 2.66 bits per heavy atom. The summed E-state index contributed by atoms with van der Waals surface area (Å²) in [6, 6.07) is 18.8. The number of benzene rings is 2. The molecule has 0 radical (unpaired) electrons. The van der Waals surface area contributed by atoms with E-state index in [-0.39, 0.29) is 19.3 Å². The van der Waals surface area contributed by atoms with E-state index in [0.717, 1.165) is 16.8 Å². The maximum Gasteiger partial charge on any atom is 0.123 e. The average molecular weight is 494 g/mol. The van der Waals surface area contributed by atoms with Gasteiger partial charge in [0.05, 0.1) is 30.0 Å². The van der Waals surface area contributed by atoms with Crippen molar-refractivity contribution < 1.29 is 14.9 Å². The van der Waals surface area contributed by atoms with Crippen molar-refractivity contribution in [1.29, 1.82) is 5.26 Å². The fourth-order valence-corrected chi connectivity index (χ4v) is 4.46. The minimum Gasteiger partial charge on any atom is -0.491 e. The molecule has 9 heteroatoms. The lowest BCUT2D eigenvalue weighted by molar-refractivity contribution is 0.100. The summed E-state index contributed by atoms with van der Waals surface area (Å²) < 4.78 is 5.49. The summed E-state index contributed by atoms with van der Waals surface area (Å²) in [5.41, 5.74) is 8.76. The summed E-state index contributed by atoms with van der Waals surface area (Å²) in [4.78, 5) is 8.51. The van der Waals surface area contributed by atoms with Crippen LogP contribution in [-0.2, 0) is 0 Å². The number of nitrogens with zero attached hydrogens (tertiary/aromatic N) is 4. The summed E-state index contributed by atoms with van der Waals surface area (Å²) in [6.07, 6.45) is 0.908. The average Bonchev–Trinajstić information content (AvgIpc) is 2.88. The van der Waals surface area contributed by atoms with Crippen LogP contribution in [0.3, 0.4) is 0 Å². The first-order valence-electron chi connectivity index (χ1n) is 11.4. The number of aliphatic hydroxyl groups excluding tert-OH is 2. The number of pyridine rings is 1. The third kappa shape index (κ3) is 6.02. The Labute approximate surface area is 209 Å². The van der Waals surface area contributed by atoms with E-state index in [2.05, 4.69) is 20.9 Å². The molecule has 1 aliphatic rings. The molecule has 0 saturated carbocycles. The molecular formula is C26H28ClN5O3. The molecule has 1 aliphatic heterocycles. The summed E-state index contributed by atoms with van der Waals surface area (Å²) in [5.74, 6) is 0.958. The van der Waals surface area contributed by atoms with Gasteiger partial charge < -0.3 is 25.6 Å². The van der Waals surface area contributed by atoms with Crippen LogP contribution < -0.4 is 15.4 Å². The van der Waals surface area contributed by atoms with Gasteiger partial charge >= 0.3 is 0 Å². The molecule has 3 aromatic rings. The van der Waals surface area contributed by atoms with Gasteiger partial charge in [-0.25, -0.2) is 4.98 Å². The van der Waals surface area contributed by atoms with Crippen molar-refractivity contribution in [3.8, 4) is 11.8 Å². The van der Waals surface area contributed by atoms with Crippen LogP contribution in [0.4, 0.5) is 11.5 Å². The number of rotatable bonds is 8. The van der Waals surface area contributed by atoms with Crippen molar-refractivity contribution in [2.45, 2.75) is 12.1 Å². The number of ether oxygens (including phenoxy) is 1. The number of β-amino-alcohol motifs (C(OH)–C–C–N with tert-alkyl or cyclic N) is 1. The van der Waals surface area contributed by atoms with Crippen molar-refractivity contribution in [1.82, 2.24) is 9.88 Å². The molecule has 4 rings (SSSR count). The fraction of sp³-hybridized carbons (Fsp3) is 0.308. The van der Waals surface area contributed by atoms with Gasteiger partial charge in [-0.3, -0.25) is 4.90 Å². The molecule has 2 aromatic carbocycles. The maximum atomic E-state index is 10.8. The maximum absolute atomic E-state index is 10.8. The fourth-order valence-electron chi connectivity index (χ4n) is 4.34. The van der Waals surface area contributed by atoms with E-state index in [1.54, 1.807) is 24.4 Å². The van der Waals surface area contributed by atoms with Gasteiger partial charge in [0.15, 0.2) is 0 Å². The molecule has 8 nitrogen and oxygen atoms in total. The van der Waals surface area contributed by atoms with Gasteiger partial charge in [-0.05, 0) is 42.0 Å². The highest BCUT2D eigenvalue weighted by atomic mass is 35.5. The predicted octanol–water partition coefficient (Wildman–Crippen LogP) is 3.16. The van der Waals surface area contributed by atoms with Gasteiger partial charge in [0.25, 0.3) is 0 Å². The second-order valence-corrected chi connectivity index (χ2v) is 8.85. The molecule has 35 heavy (non-hydrogen) atoms. The van der Waals surface area contributed by atoms with Crippen molar-refractivity contribution in [2.24, 2.45) is 0 Å². The number of hydrogen-bond donors (Lipinski definition) is 3. The number of hydrogen-bond acceptors (Lipinski definition) is 8. The highest BCUT2D eigenvalue weighted by Gasteiger charge is 2.31. The largest absolute Gasteiger partial charge is 0.491 e. The number of halogens is 1. The molecule has 1 fully saturated rings. The van der Waals surface area contributed by atoms with E-state index in [1.165, 1.54) is 0 Å². The number of nitrogen functional groups attached to an aromatic ring is 1. The zero-order valence-electron chi connectivity index (χ0n) is 19.2. The van der Waals surface area contributed by atoms with Crippen molar-refractivity contribution in [3.05, 3.63) is 82.5 Å². The van der Waals surface area contributed by atoms with Crippen LogP contribution in [0.1, 0.15) is 28.8 Å². The lowest BCUT2D eigenvalue weighted by atomic mass is 9.99. The van der Waals surface area contributed by atoms with E-state index >= 15 is 0 Å². The molecule has 1 aromatic heterocycles. The van der Waals surface area contributed by atoms with Gasteiger partial charge in [0, 0.05) is 43.0 Å². The summed E-state index contributed by atoms with van der Waals surface area (Å²) >= 11 is 6.14. The third-order valence-corrected chi connectivity index (χ3v) is 6.35. The SMILES string of the molecule is N#Cc1cc(OCCO)ccc1N1CCN(C[C@@H](O)c2ccc(N)nc2)C[C@H]1c1ccc(Cl)cc1. The molecule has 0 aliphatic carbocycles. The van der Waals surface area contributed by atoms with Crippen molar-refractivity contribution in [2.75, 3.05) is 50.0 Å².